The van der Waals surface area contributed by atoms with Gasteiger partial charge in [-0.25, -0.2) is 0 Å². The lowest BCUT2D eigenvalue weighted by Crippen LogP contribution is -2.40. The Labute approximate surface area is 120 Å². The number of benzene rings is 1. The third-order valence-electron chi connectivity index (χ3n) is 3.94. The summed E-state index contributed by atoms with van der Waals surface area (Å²) in [7, 11) is 0. The molecule has 2 amide bonds. The second-order valence-electron chi connectivity index (χ2n) is 5.58. The molecule has 0 spiro atoms. The Morgan fingerprint density at radius 3 is 2.70 bits per heavy atom. The standard InChI is InChI=1S/C16H22N2O2/c1-5-12(4)18-15(19)9-14(16(18)20)17-13-8-10(2)6-7-11(13)3/h6-8,12,14,17H,5,9H2,1-4H3. The predicted molar refractivity (Wildman–Crippen MR) is 79.5 cm³/mol. The Kier molecular flexibility index (Phi) is 4.12. The van der Waals surface area contributed by atoms with Gasteiger partial charge in [0.2, 0.25) is 5.91 Å². The van der Waals surface area contributed by atoms with E-state index in [-0.39, 0.29) is 24.3 Å². The molecule has 1 N–H and O–H groups in total. The molecule has 1 fully saturated rings. The van der Waals surface area contributed by atoms with Gasteiger partial charge in [-0.1, -0.05) is 19.1 Å². The van der Waals surface area contributed by atoms with Gasteiger partial charge in [0.15, 0.2) is 0 Å². The molecule has 0 aromatic heterocycles. The minimum atomic E-state index is -0.433. The maximum absolute atomic E-state index is 12.4. The molecule has 2 rings (SSSR count). The highest BCUT2D eigenvalue weighted by molar-refractivity contribution is 6.07. The van der Waals surface area contributed by atoms with E-state index in [1.807, 2.05) is 45.9 Å². The number of hydrogen-bond acceptors (Lipinski definition) is 3. The van der Waals surface area contributed by atoms with Gasteiger partial charge in [-0.15, -0.1) is 0 Å². The van der Waals surface area contributed by atoms with Crippen LogP contribution < -0.4 is 5.32 Å². The van der Waals surface area contributed by atoms with E-state index >= 15 is 0 Å². The van der Waals surface area contributed by atoms with Crippen molar-refractivity contribution >= 4 is 17.5 Å². The lowest BCUT2D eigenvalue weighted by atomic mass is 10.1. The van der Waals surface area contributed by atoms with Crippen LogP contribution in [0.1, 0.15) is 37.8 Å². The van der Waals surface area contributed by atoms with Crippen LogP contribution in [-0.2, 0) is 9.59 Å². The van der Waals surface area contributed by atoms with Crippen molar-refractivity contribution in [3.63, 3.8) is 0 Å². The molecule has 20 heavy (non-hydrogen) atoms. The summed E-state index contributed by atoms with van der Waals surface area (Å²) in [4.78, 5) is 25.8. The summed E-state index contributed by atoms with van der Waals surface area (Å²) in [5.41, 5.74) is 3.15. The molecule has 1 aromatic carbocycles. The molecule has 0 saturated carbocycles. The zero-order chi connectivity index (χ0) is 14.9. The van der Waals surface area contributed by atoms with Crippen LogP contribution in [0.15, 0.2) is 18.2 Å². The quantitative estimate of drug-likeness (QED) is 0.859. The number of carbonyl (C=O) groups is 2. The minimum Gasteiger partial charge on any atom is -0.373 e. The zero-order valence-corrected chi connectivity index (χ0v) is 12.6. The summed E-state index contributed by atoms with van der Waals surface area (Å²) in [5.74, 6) is -0.183. The number of hydrogen-bond donors (Lipinski definition) is 1. The number of amides is 2. The Hall–Kier alpha value is -1.84. The van der Waals surface area contributed by atoms with E-state index in [1.54, 1.807) is 0 Å². The van der Waals surface area contributed by atoms with E-state index < -0.39 is 6.04 Å². The van der Waals surface area contributed by atoms with Gasteiger partial charge in [0.05, 0.1) is 6.42 Å². The van der Waals surface area contributed by atoms with E-state index in [2.05, 4.69) is 5.32 Å². The van der Waals surface area contributed by atoms with Crippen molar-refractivity contribution in [1.29, 1.82) is 0 Å². The summed E-state index contributed by atoms with van der Waals surface area (Å²) in [6.07, 6.45) is 1.03. The van der Waals surface area contributed by atoms with Crippen molar-refractivity contribution in [2.24, 2.45) is 0 Å². The van der Waals surface area contributed by atoms with Crippen LogP contribution in [0.5, 0.6) is 0 Å². The number of nitrogens with one attached hydrogen (secondary N) is 1. The molecule has 0 aliphatic carbocycles. The highest BCUT2D eigenvalue weighted by atomic mass is 16.2. The first-order valence-corrected chi connectivity index (χ1v) is 7.13. The smallest absolute Gasteiger partial charge is 0.252 e. The van der Waals surface area contributed by atoms with Gasteiger partial charge in [-0.3, -0.25) is 14.5 Å². The van der Waals surface area contributed by atoms with E-state index in [9.17, 15) is 9.59 Å². The van der Waals surface area contributed by atoms with Crippen LogP contribution in [0.25, 0.3) is 0 Å². The van der Waals surface area contributed by atoms with Crippen molar-refractivity contribution in [2.45, 2.75) is 52.6 Å². The number of carbonyl (C=O) groups excluding carboxylic acids is 2. The van der Waals surface area contributed by atoms with E-state index in [0.29, 0.717) is 0 Å². The molecule has 1 aromatic rings. The highest BCUT2D eigenvalue weighted by Crippen LogP contribution is 2.24. The van der Waals surface area contributed by atoms with Gasteiger partial charge in [0, 0.05) is 11.7 Å². The average molecular weight is 274 g/mol. The first kappa shape index (κ1) is 14.6. The molecule has 4 nitrogen and oxygen atoms in total. The topological polar surface area (TPSA) is 49.4 Å². The first-order valence-electron chi connectivity index (χ1n) is 7.13. The molecule has 1 heterocycles. The molecule has 2 atom stereocenters. The predicted octanol–water partition coefficient (Wildman–Crippen LogP) is 2.64. The van der Waals surface area contributed by atoms with Gasteiger partial charge < -0.3 is 5.32 Å². The van der Waals surface area contributed by atoms with E-state index in [1.165, 1.54) is 4.90 Å². The summed E-state index contributed by atoms with van der Waals surface area (Å²) < 4.78 is 0. The fourth-order valence-corrected chi connectivity index (χ4v) is 2.49. The lowest BCUT2D eigenvalue weighted by Gasteiger charge is -2.22. The molecular weight excluding hydrogens is 252 g/mol. The first-order chi connectivity index (χ1) is 9.43. The molecule has 108 valence electrons. The fraction of sp³-hybridized carbons (Fsp3) is 0.500. The molecule has 1 aliphatic rings. The van der Waals surface area contributed by atoms with Crippen LogP contribution in [0.2, 0.25) is 0 Å². The third-order valence-corrected chi connectivity index (χ3v) is 3.94. The maximum atomic E-state index is 12.4. The lowest BCUT2D eigenvalue weighted by molar-refractivity contribution is -0.140. The Bertz CT molecular complexity index is 539. The monoisotopic (exact) mass is 274 g/mol. The highest BCUT2D eigenvalue weighted by Gasteiger charge is 2.40. The minimum absolute atomic E-state index is 0.0274. The number of aryl methyl sites for hydroxylation is 2. The van der Waals surface area contributed by atoms with Crippen LogP contribution in [0, 0.1) is 13.8 Å². The molecule has 0 radical (unpaired) electrons. The van der Waals surface area contributed by atoms with Crippen molar-refractivity contribution < 1.29 is 9.59 Å². The largest absolute Gasteiger partial charge is 0.373 e. The molecule has 0 bridgehead atoms. The zero-order valence-electron chi connectivity index (χ0n) is 12.6. The van der Waals surface area contributed by atoms with Crippen molar-refractivity contribution in [1.82, 2.24) is 4.90 Å². The Balaban J connectivity index is 2.17. The molecule has 2 unspecified atom stereocenters. The van der Waals surface area contributed by atoms with Gasteiger partial charge in [0.25, 0.3) is 5.91 Å². The number of imide groups is 1. The Morgan fingerprint density at radius 2 is 2.05 bits per heavy atom. The average Bonchev–Trinajstić information content (AvgIpc) is 2.68. The normalized spacial score (nSPS) is 20.4. The van der Waals surface area contributed by atoms with Gasteiger partial charge in [0.1, 0.15) is 6.04 Å². The van der Waals surface area contributed by atoms with E-state index in [4.69, 9.17) is 0 Å². The number of anilines is 1. The summed E-state index contributed by atoms with van der Waals surface area (Å²) in [6, 6.07) is 5.61. The van der Waals surface area contributed by atoms with Gasteiger partial charge >= 0.3 is 0 Å². The number of rotatable bonds is 4. The SMILES string of the molecule is CCC(C)N1C(=O)CC(Nc2cc(C)ccc2C)C1=O. The number of likely N-dealkylation sites (tertiary alicyclic amines) is 1. The van der Waals surface area contributed by atoms with Crippen LogP contribution >= 0.6 is 0 Å². The second-order valence-corrected chi connectivity index (χ2v) is 5.58. The van der Waals surface area contributed by atoms with Crippen LogP contribution in [0.4, 0.5) is 5.69 Å². The van der Waals surface area contributed by atoms with E-state index in [0.717, 1.165) is 23.2 Å². The third kappa shape index (κ3) is 2.69. The number of nitrogens with zero attached hydrogens (tertiary/aromatic N) is 1. The van der Waals surface area contributed by atoms with Crippen molar-refractivity contribution in [3.8, 4) is 0 Å². The Morgan fingerprint density at radius 1 is 1.35 bits per heavy atom. The van der Waals surface area contributed by atoms with Gasteiger partial charge in [-0.2, -0.15) is 0 Å². The molecule has 1 saturated heterocycles. The van der Waals surface area contributed by atoms with Gasteiger partial charge in [-0.05, 0) is 44.4 Å². The summed E-state index contributed by atoms with van der Waals surface area (Å²) in [5, 5.41) is 3.23. The molecule has 1 aliphatic heterocycles. The van der Waals surface area contributed by atoms with Crippen molar-refractivity contribution in [2.75, 3.05) is 5.32 Å². The molecule has 4 heteroatoms. The summed E-state index contributed by atoms with van der Waals surface area (Å²) in [6.45, 7) is 7.90. The van der Waals surface area contributed by atoms with Crippen LogP contribution in [-0.4, -0.2) is 28.8 Å². The maximum Gasteiger partial charge on any atom is 0.252 e. The summed E-state index contributed by atoms with van der Waals surface area (Å²) >= 11 is 0. The van der Waals surface area contributed by atoms with Crippen molar-refractivity contribution in [3.05, 3.63) is 29.3 Å². The molecular formula is C16H22N2O2. The fourth-order valence-electron chi connectivity index (χ4n) is 2.49. The second kappa shape index (κ2) is 5.65. The van der Waals surface area contributed by atoms with Crippen LogP contribution in [0.3, 0.4) is 0 Å².